The molecule has 1 fully saturated rings. The van der Waals surface area contributed by atoms with Gasteiger partial charge in [-0.15, -0.1) is 0 Å². The maximum Gasteiger partial charge on any atom is 0.458 e. The van der Waals surface area contributed by atoms with E-state index in [2.05, 4.69) is 19.1 Å². The van der Waals surface area contributed by atoms with Crippen LogP contribution < -0.4 is 0 Å². The Bertz CT molecular complexity index is 813. The number of hydrogen-bond acceptors (Lipinski definition) is 0. The van der Waals surface area contributed by atoms with E-state index >= 15 is 0 Å². The molecule has 0 N–H and O–H groups in total. The molecule has 0 spiro atoms. The zero-order chi connectivity index (χ0) is 23.2. The van der Waals surface area contributed by atoms with Crippen LogP contribution in [0, 0.1) is 5.92 Å². The third-order valence-corrected chi connectivity index (χ3v) is 6.88. The average Bonchev–Trinajstić information content (AvgIpc) is 2.79. The fraction of sp³-hybridized carbons (Fsp3) is 0.556. The molecule has 1 saturated carbocycles. The summed E-state index contributed by atoms with van der Waals surface area (Å²) in [6, 6.07) is 12.4. The minimum atomic E-state index is -5.59. The topological polar surface area (TPSA) is 0 Å². The lowest BCUT2D eigenvalue weighted by Gasteiger charge is -2.29. The molecule has 0 bridgehead atoms. The first-order valence-electron chi connectivity index (χ1n) is 11.9. The van der Waals surface area contributed by atoms with Crippen molar-refractivity contribution in [3.8, 4) is 11.1 Å². The maximum atomic E-state index is 13.5. The average molecular weight is 453 g/mol. The highest BCUT2D eigenvalue weighted by Crippen LogP contribution is 2.44. The molecule has 0 aromatic heterocycles. The summed E-state index contributed by atoms with van der Waals surface area (Å²) in [6.45, 7) is 2.24. The Hall–Kier alpha value is -1.91. The highest BCUT2D eigenvalue weighted by molar-refractivity contribution is 5.64. The van der Waals surface area contributed by atoms with Crippen LogP contribution in [-0.2, 0) is 5.92 Å². The second-order valence-electron chi connectivity index (χ2n) is 9.19. The molecule has 0 heterocycles. The van der Waals surface area contributed by atoms with Crippen LogP contribution in [0.1, 0.15) is 88.2 Å². The van der Waals surface area contributed by atoms with Gasteiger partial charge in [-0.1, -0.05) is 94.0 Å². The van der Waals surface area contributed by atoms with E-state index < -0.39 is 17.7 Å². The van der Waals surface area contributed by atoms with E-state index in [1.54, 1.807) is 0 Å². The minimum absolute atomic E-state index is 0.549. The van der Waals surface area contributed by atoms with Crippen LogP contribution >= 0.6 is 0 Å². The van der Waals surface area contributed by atoms with Crippen LogP contribution in [0.4, 0.5) is 22.0 Å². The Kier molecular flexibility index (Phi) is 8.35. The predicted molar refractivity (Wildman–Crippen MR) is 120 cm³/mol. The Morgan fingerprint density at radius 1 is 0.688 bits per heavy atom. The first-order valence-corrected chi connectivity index (χ1v) is 11.9. The fourth-order valence-electron chi connectivity index (χ4n) is 4.80. The molecule has 1 aliphatic carbocycles. The van der Waals surface area contributed by atoms with Gasteiger partial charge in [-0.3, -0.25) is 0 Å². The summed E-state index contributed by atoms with van der Waals surface area (Å²) < 4.78 is 64.6. The van der Waals surface area contributed by atoms with Crippen LogP contribution in [0.5, 0.6) is 0 Å². The van der Waals surface area contributed by atoms with Gasteiger partial charge in [0.05, 0.1) is 0 Å². The van der Waals surface area contributed by atoms with Gasteiger partial charge >= 0.3 is 12.1 Å². The molecular weight excluding hydrogens is 419 g/mol. The maximum absolute atomic E-state index is 13.5. The van der Waals surface area contributed by atoms with Gasteiger partial charge in [-0.25, -0.2) is 0 Å². The van der Waals surface area contributed by atoms with Gasteiger partial charge in [0.1, 0.15) is 0 Å². The number of benzene rings is 2. The predicted octanol–water partition coefficient (Wildman–Crippen LogP) is 9.64. The monoisotopic (exact) mass is 452 g/mol. The van der Waals surface area contributed by atoms with Gasteiger partial charge in [-0.05, 0) is 54.2 Å². The molecule has 0 unspecified atom stereocenters. The molecule has 0 radical (unpaired) electrons. The van der Waals surface area contributed by atoms with Crippen molar-refractivity contribution < 1.29 is 22.0 Å². The zero-order valence-electron chi connectivity index (χ0n) is 18.7. The zero-order valence-corrected chi connectivity index (χ0v) is 18.7. The van der Waals surface area contributed by atoms with Crippen molar-refractivity contribution >= 4 is 0 Å². The highest BCUT2D eigenvalue weighted by atomic mass is 19.4. The Labute approximate surface area is 188 Å². The van der Waals surface area contributed by atoms with Gasteiger partial charge in [0.15, 0.2) is 0 Å². The molecule has 1 aliphatic rings. The first kappa shape index (κ1) is 24.7. The largest absolute Gasteiger partial charge is 0.458 e. The number of rotatable bonds is 9. The fourth-order valence-corrected chi connectivity index (χ4v) is 4.80. The van der Waals surface area contributed by atoms with Crippen molar-refractivity contribution in [2.75, 3.05) is 0 Å². The van der Waals surface area contributed by atoms with Crippen LogP contribution in [-0.4, -0.2) is 6.18 Å². The molecule has 32 heavy (non-hydrogen) atoms. The Morgan fingerprint density at radius 3 is 1.75 bits per heavy atom. The minimum Gasteiger partial charge on any atom is -0.191 e. The second kappa shape index (κ2) is 10.8. The molecule has 5 heteroatoms. The number of unbranched alkanes of at least 4 members (excludes halogenated alkanes) is 4. The van der Waals surface area contributed by atoms with Gasteiger partial charge < -0.3 is 0 Å². The van der Waals surface area contributed by atoms with Gasteiger partial charge in [0.25, 0.3) is 0 Å². The molecule has 176 valence electrons. The summed E-state index contributed by atoms with van der Waals surface area (Å²) in [7, 11) is 0. The third kappa shape index (κ3) is 6.11. The lowest BCUT2D eigenvalue weighted by Crippen LogP contribution is -2.33. The Balaban J connectivity index is 1.54. The number of alkyl halides is 5. The van der Waals surface area contributed by atoms with E-state index in [0.29, 0.717) is 11.5 Å². The lowest BCUT2D eigenvalue weighted by molar-refractivity contribution is -0.289. The summed E-state index contributed by atoms with van der Waals surface area (Å²) in [5.74, 6) is -3.45. The number of hydrogen-bond donors (Lipinski definition) is 0. The van der Waals surface area contributed by atoms with Crippen molar-refractivity contribution in [2.45, 2.75) is 89.1 Å². The Morgan fingerprint density at radius 2 is 1.22 bits per heavy atom. The van der Waals surface area contributed by atoms with Gasteiger partial charge in [-0.2, -0.15) is 22.0 Å². The summed E-state index contributed by atoms with van der Waals surface area (Å²) in [4.78, 5) is 0. The molecule has 0 aliphatic heterocycles. The van der Waals surface area contributed by atoms with Crippen LogP contribution in [0.25, 0.3) is 11.1 Å². The van der Waals surface area contributed by atoms with E-state index in [1.807, 2.05) is 12.1 Å². The quantitative estimate of drug-likeness (QED) is 0.262. The molecule has 2 aromatic rings. The van der Waals surface area contributed by atoms with E-state index in [1.165, 1.54) is 81.9 Å². The molecule has 0 amide bonds. The normalized spacial score (nSPS) is 19.8. The summed E-state index contributed by atoms with van der Waals surface area (Å²) in [6.07, 6.45) is 7.36. The van der Waals surface area contributed by atoms with E-state index in [4.69, 9.17) is 0 Å². The smallest absolute Gasteiger partial charge is 0.191 e. The lowest BCUT2D eigenvalue weighted by atomic mass is 9.77. The van der Waals surface area contributed by atoms with Crippen molar-refractivity contribution in [2.24, 2.45) is 5.92 Å². The van der Waals surface area contributed by atoms with Crippen molar-refractivity contribution in [1.29, 1.82) is 0 Å². The van der Waals surface area contributed by atoms with Crippen molar-refractivity contribution in [3.63, 3.8) is 0 Å². The first-order chi connectivity index (χ1) is 15.2. The van der Waals surface area contributed by atoms with Crippen molar-refractivity contribution in [3.05, 3.63) is 59.7 Å². The van der Waals surface area contributed by atoms with Crippen molar-refractivity contribution in [1.82, 2.24) is 0 Å². The molecule has 0 saturated heterocycles. The van der Waals surface area contributed by atoms with E-state index in [0.717, 1.165) is 23.6 Å². The molecule has 2 aromatic carbocycles. The molecule has 3 rings (SSSR count). The SMILES string of the molecule is CCCCCCCC1CCC(c2ccc(-c3ccc(C(F)(F)C(F)(F)F)cc3)cc2)CC1. The van der Waals surface area contributed by atoms with Crippen LogP contribution in [0.2, 0.25) is 0 Å². The van der Waals surface area contributed by atoms with E-state index in [-0.39, 0.29) is 0 Å². The summed E-state index contributed by atoms with van der Waals surface area (Å²) in [5.41, 5.74) is 1.70. The molecular formula is C27H33F5. The van der Waals surface area contributed by atoms with Gasteiger partial charge in [0, 0.05) is 5.56 Å². The van der Waals surface area contributed by atoms with Gasteiger partial charge in [0.2, 0.25) is 0 Å². The molecule has 0 atom stereocenters. The third-order valence-electron chi connectivity index (χ3n) is 6.88. The van der Waals surface area contributed by atoms with E-state index in [9.17, 15) is 22.0 Å². The summed E-state index contributed by atoms with van der Waals surface area (Å²) in [5, 5.41) is 0. The number of halogens is 5. The van der Waals surface area contributed by atoms with Crippen LogP contribution in [0.15, 0.2) is 48.5 Å². The summed E-state index contributed by atoms with van der Waals surface area (Å²) >= 11 is 0. The standard InChI is InChI=1S/C27H33F5/c1-2-3-4-5-6-7-20-8-10-21(11-9-20)22-12-14-23(15-13-22)24-16-18-25(19-17-24)26(28,29)27(30,31)32/h12-21H,2-11H2,1H3. The van der Waals surface area contributed by atoms with Crippen LogP contribution in [0.3, 0.4) is 0 Å². The highest BCUT2D eigenvalue weighted by Gasteiger charge is 2.58. The molecule has 0 nitrogen and oxygen atoms in total. The second-order valence-corrected chi connectivity index (χ2v) is 9.19.